The van der Waals surface area contributed by atoms with E-state index in [1.165, 1.54) is 25.9 Å². The van der Waals surface area contributed by atoms with Gasteiger partial charge in [-0.3, -0.25) is 9.78 Å². The molecule has 3 aliphatic heterocycles. The predicted octanol–water partition coefficient (Wildman–Crippen LogP) is 1.57. The molecule has 4 rings (SSSR count). The normalized spacial score (nSPS) is 30.7. The molecule has 3 fully saturated rings. The van der Waals surface area contributed by atoms with E-state index in [2.05, 4.69) is 9.88 Å². The summed E-state index contributed by atoms with van der Waals surface area (Å²) in [6.07, 6.45) is 6.52. The van der Waals surface area contributed by atoms with Crippen LogP contribution < -0.4 is 0 Å². The molecule has 1 aromatic rings. The maximum absolute atomic E-state index is 12.8. The van der Waals surface area contributed by atoms with E-state index in [9.17, 15) is 4.79 Å². The number of hydrogen-bond donors (Lipinski definition) is 0. The lowest BCUT2D eigenvalue weighted by atomic mass is 10.00. The van der Waals surface area contributed by atoms with Gasteiger partial charge in [0.1, 0.15) is 11.3 Å². The molecule has 0 aromatic carbocycles. The van der Waals surface area contributed by atoms with E-state index in [1.54, 1.807) is 12.3 Å². The maximum atomic E-state index is 12.8. The standard InChI is InChI=1S/C19H27N3O3/c23-18(17-5-1-2-8-20-17)22-11-12-24-15-19(14-22)7-6-16(25-19)13-21-9-3-4-10-21/h1-2,5,8,16H,3-4,6-7,9-15H2. The van der Waals surface area contributed by atoms with Gasteiger partial charge in [0, 0.05) is 19.3 Å². The average molecular weight is 345 g/mol. The Morgan fingerprint density at radius 1 is 1.28 bits per heavy atom. The molecule has 3 aliphatic rings. The minimum Gasteiger partial charge on any atom is -0.377 e. The van der Waals surface area contributed by atoms with Crippen LogP contribution in [0.25, 0.3) is 0 Å². The minimum atomic E-state index is -0.356. The number of pyridine rings is 1. The molecule has 1 aromatic heterocycles. The number of carbonyl (C=O) groups is 1. The van der Waals surface area contributed by atoms with Crippen molar-refractivity contribution in [3.05, 3.63) is 30.1 Å². The van der Waals surface area contributed by atoms with Gasteiger partial charge in [-0.1, -0.05) is 6.07 Å². The Labute approximate surface area is 149 Å². The Kier molecular flexibility index (Phi) is 5.01. The third-order valence-electron chi connectivity index (χ3n) is 5.52. The minimum absolute atomic E-state index is 0.0305. The fourth-order valence-electron chi connectivity index (χ4n) is 4.23. The third kappa shape index (κ3) is 3.86. The van der Waals surface area contributed by atoms with E-state index in [4.69, 9.17) is 9.47 Å². The molecule has 0 saturated carbocycles. The Morgan fingerprint density at radius 2 is 2.16 bits per heavy atom. The van der Waals surface area contributed by atoms with Crippen LogP contribution >= 0.6 is 0 Å². The van der Waals surface area contributed by atoms with Crippen molar-refractivity contribution in [2.45, 2.75) is 37.4 Å². The van der Waals surface area contributed by atoms with E-state index < -0.39 is 0 Å². The van der Waals surface area contributed by atoms with E-state index in [-0.39, 0.29) is 17.6 Å². The first kappa shape index (κ1) is 16.9. The molecule has 136 valence electrons. The Bertz CT molecular complexity index is 591. The first-order valence-electron chi connectivity index (χ1n) is 9.42. The van der Waals surface area contributed by atoms with Gasteiger partial charge in [0.25, 0.3) is 5.91 Å². The lowest BCUT2D eigenvalue weighted by molar-refractivity contribution is -0.0890. The van der Waals surface area contributed by atoms with Crippen molar-refractivity contribution in [2.24, 2.45) is 0 Å². The number of rotatable bonds is 3. The quantitative estimate of drug-likeness (QED) is 0.832. The molecule has 0 N–H and O–H groups in total. The average Bonchev–Trinajstić information content (AvgIpc) is 3.23. The Hall–Kier alpha value is -1.50. The van der Waals surface area contributed by atoms with Gasteiger partial charge in [-0.05, 0) is 50.9 Å². The highest BCUT2D eigenvalue weighted by Gasteiger charge is 2.44. The monoisotopic (exact) mass is 345 g/mol. The summed E-state index contributed by atoms with van der Waals surface area (Å²) in [6, 6.07) is 5.45. The summed E-state index contributed by atoms with van der Waals surface area (Å²) in [7, 11) is 0. The summed E-state index contributed by atoms with van der Waals surface area (Å²) in [5.41, 5.74) is 0.136. The van der Waals surface area contributed by atoms with Crippen molar-refractivity contribution in [1.29, 1.82) is 0 Å². The van der Waals surface area contributed by atoms with Crippen LogP contribution in [0.4, 0.5) is 0 Å². The molecule has 3 saturated heterocycles. The van der Waals surface area contributed by atoms with E-state index in [1.807, 2.05) is 17.0 Å². The van der Waals surface area contributed by atoms with E-state index in [0.717, 1.165) is 19.4 Å². The smallest absolute Gasteiger partial charge is 0.272 e. The summed E-state index contributed by atoms with van der Waals surface area (Å²) in [6.45, 7) is 5.71. The Morgan fingerprint density at radius 3 is 2.96 bits per heavy atom. The Balaban J connectivity index is 1.42. The molecule has 4 heterocycles. The molecular weight excluding hydrogens is 318 g/mol. The second kappa shape index (κ2) is 7.40. The number of ether oxygens (including phenoxy) is 2. The number of hydrogen-bond acceptors (Lipinski definition) is 5. The van der Waals surface area contributed by atoms with E-state index in [0.29, 0.717) is 32.0 Å². The molecule has 0 radical (unpaired) electrons. The number of likely N-dealkylation sites (tertiary alicyclic amines) is 1. The first-order valence-corrected chi connectivity index (χ1v) is 9.42. The third-order valence-corrected chi connectivity index (χ3v) is 5.52. The largest absolute Gasteiger partial charge is 0.377 e. The topological polar surface area (TPSA) is 54.9 Å². The van der Waals surface area contributed by atoms with Gasteiger partial charge in [0.05, 0.1) is 25.9 Å². The molecule has 1 amide bonds. The van der Waals surface area contributed by atoms with Crippen molar-refractivity contribution in [2.75, 3.05) is 45.9 Å². The van der Waals surface area contributed by atoms with Gasteiger partial charge >= 0.3 is 0 Å². The summed E-state index contributed by atoms with van der Waals surface area (Å²) in [4.78, 5) is 21.4. The molecule has 0 bridgehead atoms. The summed E-state index contributed by atoms with van der Waals surface area (Å²) < 4.78 is 12.3. The van der Waals surface area contributed by atoms with Gasteiger partial charge in [-0.15, -0.1) is 0 Å². The number of amides is 1. The fourth-order valence-corrected chi connectivity index (χ4v) is 4.23. The van der Waals surface area contributed by atoms with Crippen LogP contribution in [-0.2, 0) is 9.47 Å². The van der Waals surface area contributed by atoms with Gasteiger partial charge < -0.3 is 19.3 Å². The van der Waals surface area contributed by atoms with Crippen molar-refractivity contribution in [3.63, 3.8) is 0 Å². The molecule has 6 heteroatoms. The molecule has 2 atom stereocenters. The van der Waals surface area contributed by atoms with Gasteiger partial charge in [-0.25, -0.2) is 0 Å². The summed E-state index contributed by atoms with van der Waals surface area (Å²) >= 11 is 0. The van der Waals surface area contributed by atoms with Crippen LogP contribution in [0.3, 0.4) is 0 Å². The fraction of sp³-hybridized carbons (Fsp3) is 0.684. The molecule has 0 aliphatic carbocycles. The highest BCUT2D eigenvalue weighted by Crippen LogP contribution is 2.34. The summed E-state index contributed by atoms with van der Waals surface area (Å²) in [5.74, 6) is -0.0305. The zero-order valence-electron chi connectivity index (χ0n) is 14.7. The van der Waals surface area contributed by atoms with Crippen molar-refractivity contribution >= 4 is 5.91 Å². The van der Waals surface area contributed by atoms with Crippen LogP contribution in [0, 0.1) is 0 Å². The summed E-state index contributed by atoms with van der Waals surface area (Å²) in [5, 5.41) is 0. The van der Waals surface area contributed by atoms with Crippen LogP contribution in [0.2, 0.25) is 0 Å². The number of aromatic nitrogens is 1. The van der Waals surface area contributed by atoms with Crippen LogP contribution in [0.1, 0.15) is 36.2 Å². The van der Waals surface area contributed by atoms with Crippen molar-refractivity contribution in [1.82, 2.24) is 14.8 Å². The molecule has 2 unspecified atom stereocenters. The lowest BCUT2D eigenvalue weighted by Gasteiger charge is -2.32. The van der Waals surface area contributed by atoms with Gasteiger partial charge in [0.15, 0.2) is 0 Å². The zero-order valence-corrected chi connectivity index (χ0v) is 14.7. The number of carbonyl (C=O) groups excluding carboxylic acids is 1. The molecular formula is C19H27N3O3. The maximum Gasteiger partial charge on any atom is 0.272 e. The van der Waals surface area contributed by atoms with Crippen LogP contribution in [0.15, 0.2) is 24.4 Å². The van der Waals surface area contributed by atoms with Gasteiger partial charge in [-0.2, -0.15) is 0 Å². The van der Waals surface area contributed by atoms with E-state index >= 15 is 0 Å². The van der Waals surface area contributed by atoms with Crippen LogP contribution in [0.5, 0.6) is 0 Å². The molecule has 25 heavy (non-hydrogen) atoms. The highest BCUT2D eigenvalue weighted by atomic mass is 16.6. The number of nitrogens with zero attached hydrogens (tertiary/aromatic N) is 3. The highest BCUT2D eigenvalue weighted by molar-refractivity contribution is 5.92. The van der Waals surface area contributed by atoms with Crippen LogP contribution in [-0.4, -0.2) is 78.3 Å². The molecule has 1 spiro atoms. The SMILES string of the molecule is O=C(c1ccccn1)N1CCOCC2(CCC(CN3CCCC3)O2)C1. The predicted molar refractivity (Wildman–Crippen MR) is 93.5 cm³/mol. The van der Waals surface area contributed by atoms with Gasteiger partial charge in [0.2, 0.25) is 0 Å². The molecule has 6 nitrogen and oxygen atoms in total. The van der Waals surface area contributed by atoms with Crippen molar-refractivity contribution < 1.29 is 14.3 Å². The first-order chi connectivity index (χ1) is 12.2. The second-order valence-electron chi connectivity index (χ2n) is 7.46. The second-order valence-corrected chi connectivity index (χ2v) is 7.46. The zero-order chi connectivity index (χ0) is 17.1. The lowest BCUT2D eigenvalue weighted by Crippen LogP contribution is -2.47. The van der Waals surface area contributed by atoms with Crippen molar-refractivity contribution in [3.8, 4) is 0 Å².